The molecule has 2 aliphatic rings. The van der Waals surface area contributed by atoms with Crippen LogP contribution in [0.15, 0.2) is 132 Å². The van der Waals surface area contributed by atoms with Gasteiger partial charge >= 0.3 is 0 Å². The lowest BCUT2D eigenvalue weighted by atomic mass is 10.1. The number of rotatable bonds is 10. The lowest BCUT2D eigenvalue weighted by Crippen LogP contribution is -2.34. The van der Waals surface area contributed by atoms with Gasteiger partial charge in [-0.1, -0.05) is 0 Å². The number of hydrogen-bond acceptors (Lipinski definition) is 14. The fourth-order valence-electron chi connectivity index (χ4n) is 6.16. The van der Waals surface area contributed by atoms with Crippen molar-refractivity contribution >= 4 is 57.8 Å². The smallest absolute Gasteiger partial charge is 0.237 e. The molecule has 320 valence electrons. The highest BCUT2D eigenvalue weighted by Crippen LogP contribution is 2.28. The van der Waals surface area contributed by atoms with E-state index in [1.165, 1.54) is 0 Å². The fraction of sp³-hybridized carbons (Fsp3) is 0.182. The Labute approximate surface area is 356 Å². The Bertz CT molecular complexity index is 2440. The number of hydrogen-bond donors (Lipinski definition) is 4. The minimum atomic E-state index is -1.08. The van der Waals surface area contributed by atoms with Crippen molar-refractivity contribution in [1.29, 1.82) is 0 Å². The Kier molecular flexibility index (Phi) is 15.5. The Morgan fingerprint density at radius 2 is 1.00 bits per heavy atom. The zero-order chi connectivity index (χ0) is 44.8. The van der Waals surface area contributed by atoms with Crippen LogP contribution in [0, 0.1) is 0 Å². The summed E-state index contributed by atoms with van der Waals surface area (Å²) in [5.41, 5.74) is 21.1. The van der Waals surface area contributed by atoms with Gasteiger partial charge in [-0.05, 0) is 74.5 Å². The molecule has 4 aromatic heterocycles. The quantitative estimate of drug-likeness (QED) is 0.141. The number of aliphatic hydroxyl groups is 2. The first kappa shape index (κ1) is 45.1. The molecule has 0 spiro atoms. The van der Waals surface area contributed by atoms with Crippen molar-refractivity contribution in [3.8, 4) is 11.5 Å². The summed E-state index contributed by atoms with van der Waals surface area (Å²) in [6, 6.07) is 27.8. The maximum Gasteiger partial charge on any atom is 0.237 e. The summed E-state index contributed by atoms with van der Waals surface area (Å²) in [5.74, 6) is 0.331. The summed E-state index contributed by atoms with van der Waals surface area (Å²) in [5, 5.41) is 44.3. The van der Waals surface area contributed by atoms with E-state index >= 15 is 0 Å². The van der Waals surface area contributed by atoms with Gasteiger partial charge in [0, 0.05) is 59.5 Å². The number of aromatic nitrogens is 6. The zero-order valence-corrected chi connectivity index (χ0v) is 34.5. The largest absolute Gasteiger partial charge is 0.550 e. The van der Waals surface area contributed by atoms with E-state index in [2.05, 4.69) is 19.3 Å². The van der Waals surface area contributed by atoms with E-state index in [0.717, 1.165) is 70.7 Å². The third-order valence-corrected chi connectivity index (χ3v) is 8.91. The minimum absolute atomic E-state index is 0.0257. The van der Waals surface area contributed by atoms with E-state index in [0.29, 0.717) is 36.1 Å². The summed E-state index contributed by atoms with van der Waals surface area (Å²) >= 11 is 0. The van der Waals surface area contributed by atoms with Gasteiger partial charge in [0.15, 0.2) is 12.4 Å². The first-order valence-electron chi connectivity index (χ1n) is 19.0. The molecule has 0 amide bonds. The Morgan fingerprint density at radius 1 is 0.645 bits per heavy atom. The molecule has 18 nitrogen and oxygen atoms in total. The number of nitrogens with two attached hydrogens (primary N) is 2. The molecule has 0 atom stereocenters. The minimum Gasteiger partial charge on any atom is -0.550 e. The van der Waals surface area contributed by atoms with Crippen LogP contribution in [0.5, 0.6) is 11.5 Å². The average Bonchev–Trinajstić information content (AvgIpc) is 4.02. The number of allylic oxidation sites excluding steroid dienone is 2. The molecule has 0 unspecified atom stereocenters. The molecule has 6 N–H and O–H groups in total. The standard InChI is InChI=1S/2C20H19N5O2.2C2H4O2/c2*1-27-15-7-5-14(6-8-15)19-12-16(18-4-2-3-9-24(18)19)23-17-13-22-25(10-11-26)20(17)21;2*1-2(3)4/h2*2-9,12-13,21,26H,10-11H2,1H3;2*1H3,(H,3,4). The molecule has 6 aromatic rings. The SMILES string of the molecule is CC(=O)[O-].CC(=O)[O-].COc1ccc(C2=CC(=Nc3cnn(CCO)c3N)c3cccc[n+]32)cc1.COc1ccc(C2=CC(=Nc3cnn(CCO)c3N)c3cccc[n+]32)cc1. The summed E-state index contributed by atoms with van der Waals surface area (Å²) < 4.78 is 17.8. The van der Waals surface area contributed by atoms with Gasteiger partial charge in [0.1, 0.15) is 45.9 Å². The van der Waals surface area contributed by atoms with Crippen molar-refractivity contribution in [3.05, 3.63) is 144 Å². The van der Waals surface area contributed by atoms with Crippen LogP contribution >= 0.6 is 0 Å². The number of aliphatic carboxylic acids is 2. The number of ether oxygens (including phenoxy) is 2. The van der Waals surface area contributed by atoms with Gasteiger partial charge in [-0.15, -0.1) is 0 Å². The Hall–Kier alpha value is -7.96. The highest BCUT2D eigenvalue weighted by atomic mass is 16.5. The normalized spacial score (nSPS) is 13.3. The molecule has 2 aliphatic heterocycles. The van der Waals surface area contributed by atoms with Crippen molar-refractivity contribution in [3.63, 3.8) is 0 Å². The van der Waals surface area contributed by atoms with Crippen LogP contribution < -0.4 is 40.3 Å². The van der Waals surface area contributed by atoms with Gasteiger partial charge in [-0.3, -0.25) is 0 Å². The Balaban J connectivity index is 0.000000200. The number of nitrogen functional groups attached to an aromatic ring is 2. The molecular formula is C44H46N10O8. The molecule has 6 heterocycles. The third kappa shape index (κ3) is 11.2. The predicted molar refractivity (Wildman–Crippen MR) is 227 cm³/mol. The van der Waals surface area contributed by atoms with Crippen molar-refractivity contribution in [2.45, 2.75) is 26.9 Å². The second kappa shape index (κ2) is 21.3. The molecule has 8 rings (SSSR count). The Morgan fingerprint density at radius 3 is 1.32 bits per heavy atom. The fourth-order valence-corrected chi connectivity index (χ4v) is 6.16. The number of carboxylic acid groups (broad SMARTS) is 2. The van der Waals surface area contributed by atoms with Crippen LogP contribution in [-0.4, -0.2) is 80.6 Å². The number of fused-ring (bicyclic) bond motifs is 2. The van der Waals surface area contributed by atoms with Gasteiger partial charge < -0.3 is 51.0 Å². The molecule has 0 bridgehead atoms. The maximum atomic E-state index is 9.09. The van der Waals surface area contributed by atoms with Gasteiger partial charge in [-0.2, -0.15) is 19.3 Å². The number of aliphatic hydroxyl groups excluding tert-OH is 2. The van der Waals surface area contributed by atoms with Crippen molar-refractivity contribution in [2.75, 3.05) is 38.9 Å². The number of carbonyl (C=O) groups excluding carboxylic acids is 2. The van der Waals surface area contributed by atoms with E-state index < -0.39 is 11.9 Å². The van der Waals surface area contributed by atoms with Crippen LogP contribution in [0.1, 0.15) is 36.4 Å². The lowest BCUT2D eigenvalue weighted by molar-refractivity contribution is -0.577. The number of anilines is 2. The number of methoxy groups -OCH3 is 2. The number of nitrogens with zero attached hydrogens (tertiary/aromatic N) is 8. The first-order chi connectivity index (χ1) is 29.9. The number of benzene rings is 2. The molecule has 62 heavy (non-hydrogen) atoms. The first-order valence-corrected chi connectivity index (χ1v) is 19.0. The van der Waals surface area contributed by atoms with Crippen LogP contribution in [0.4, 0.5) is 23.0 Å². The van der Waals surface area contributed by atoms with Crippen LogP contribution in [0.3, 0.4) is 0 Å². The zero-order valence-electron chi connectivity index (χ0n) is 34.5. The van der Waals surface area contributed by atoms with Gasteiger partial charge in [-0.25, -0.2) is 19.3 Å². The van der Waals surface area contributed by atoms with E-state index in [4.69, 9.17) is 60.9 Å². The molecule has 2 aromatic carbocycles. The molecule has 0 saturated heterocycles. The van der Waals surface area contributed by atoms with E-state index in [1.807, 2.05) is 109 Å². The van der Waals surface area contributed by atoms with Crippen LogP contribution in [-0.2, 0) is 22.7 Å². The second-order valence-electron chi connectivity index (χ2n) is 13.1. The highest BCUT2D eigenvalue weighted by Gasteiger charge is 2.31. The maximum absolute atomic E-state index is 9.09. The summed E-state index contributed by atoms with van der Waals surface area (Å²) in [7, 11) is 3.31. The molecule has 0 aliphatic carbocycles. The number of aliphatic imine (C=N–C) groups is 2. The van der Waals surface area contributed by atoms with E-state index in [-0.39, 0.29) is 13.2 Å². The molecule has 0 radical (unpaired) electrons. The van der Waals surface area contributed by atoms with Crippen LogP contribution in [0.2, 0.25) is 0 Å². The van der Waals surface area contributed by atoms with Gasteiger partial charge in [0.2, 0.25) is 22.8 Å². The highest BCUT2D eigenvalue weighted by molar-refractivity contribution is 6.14. The number of carboxylic acids is 2. The molecule has 18 heteroatoms. The number of pyridine rings is 2. The third-order valence-electron chi connectivity index (χ3n) is 8.91. The summed E-state index contributed by atoms with van der Waals surface area (Å²) in [6.07, 6.45) is 11.3. The van der Waals surface area contributed by atoms with Gasteiger partial charge in [0.25, 0.3) is 0 Å². The second-order valence-corrected chi connectivity index (χ2v) is 13.1. The average molecular weight is 843 g/mol. The monoisotopic (exact) mass is 842 g/mol. The van der Waals surface area contributed by atoms with Crippen molar-refractivity contribution in [2.24, 2.45) is 9.98 Å². The topological polar surface area (TPSA) is 259 Å². The number of carbonyl (C=O) groups is 2. The summed E-state index contributed by atoms with van der Waals surface area (Å²) in [4.78, 5) is 27.2. The predicted octanol–water partition coefficient (Wildman–Crippen LogP) is 1.07. The molecular weight excluding hydrogens is 797 g/mol. The van der Waals surface area contributed by atoms with Crippen molar-refractivity contribution < 1.29 is 48.6 Å². The van der Waals surface area contributed by atoms with Gasteiger partial charge in [0.05, 0.1) is 52.9 Å². The molecule has 0 saturated carbocycles. The van der Waals surface area contributed by atoms with Crippen molar-refractivity contribution in [1.82, 2.24) is 19.6 Å². The summed E-state index contributed by atoms with van der Waals surface area (Å²) in [6.45, 7) is 2.58. The van der Waals surface area contributed by atoms with Crippen LogP contribution in [0.25, 0.3) is 11.4 Å². The van der Waals surface area contributed by atoms with E-state index in [1.54, 1.807) is 36.0 Å². The lowest BCUT2D eigenvalue weighted by Gasteiger charge is -2.02. The van der Waals surface area contributed by atoms with E-state index in [9.17, 15) is 0 Å². The molecule has 0 fully saturated rings.